The predicted molar refractivity (Wildman–Crippen MR) is 90.3 cm³/mol. The number of hydrogen-bond donors (Lipinski definition) is 1. The van der Waals surface area contributed by atoms with Gasteiger partial charge in [-0.25, -0.2) is 0 Å². The molecule has 0 unspecified atom stereocenters. The molecule has 1 fully saturated rings. The maximum absolute atomic E-state index is 12.1. The summed E-state index contributed by atoms with van der Waals surface area (Å²) in [6.07, 6.45) is 11.3. The van der Waals surface area contributed by atoms with Gasteiger partial charge in [-0.2, -0.15) is 15.3 Å². The molecule has 126 valence electrons. The number of nitrogens with zero attached hydrogens (tertiary/aromatic N) is 5. The number of carbonyl (C=O) groups excluding carboxylic acids is 1. The van der Waals surface area contributed by atoms with Crippen molar-refractivity contribution in [1.29, 1.82) is 0 Å². The Balaban J connectivity index is 1.37. The van der Waals surface area contributed by atoms with Crippen LogP contribution in [0, 0.1) is 12.3 Å². The molecule has 0 aliphatic carbocycles. The molecular weight excluding hydrogens is 304 g/mol. The van der Waals surface area contributed by atoms with Gasteiger partial charge >= 0.3 is 0 Å². The highest BCUT2D eigenvalue weighted by molar-refractivity contribution is 5.76. The minimum atomic E-state index is -0.376. The van der Waals surface area contributed by atoms with Crippen molar-refractivity contribution >= 4 is 11.7 Å². The molecule has 3 heterocycles. The van der Waals surface area contributed by atoms with E-state index >= 15 is 0 Å². The summed E-state index contributed by atoms with van der Waals surface area (Å²) in [4.78, 5) is 14.3. The van der Waals surface area contributed by atoms with Crippen molar-refractivity contribution in [3.63, 3.8) is 0 Å². The van der Waals surface area contributed by atoms with E-state index in [0.717, 1.165) is 38.2 Å². The van der Waals surface area contributed by atoms with E-state index in [2.05, 4.69) is 36.6 Å². The zero-order valence-electron chi connectivity index (χ0n) is 13.7. The Labute approximate surface area is 141 Å². The van der Waals surface area contributed by atoms with Crippen LogP contribution >= 0.6 is 0 Å². The summed E-state index contributed by atoms with van der Waals surface area (Å²) in [6.45, 7) is 1.75. The van der Waals surface area contributed by atoms with Crippen LogP contribution in [0.1, 0.15) is 38.5 Å². The first-order valence-electron chi connectivity index (χ1n) is 8.40. The zero-order valence-corrected chi connectivity index (χ0v) is 13.7. The number of aromatic nitrogens is 2. The fourth-order valence-electron chi connectivity index (χ4n) is 3.00. The lowest BCUT2D eigenvalue weighted by Gasteiger charge is -2.32. The zero-order chi connectivity index (χ0) is 16.8. The molecule has 0 saturated carbocycles. The van der Waals surface area contributed by atoms with Crippen LogP contribution in [0.4, 0.5) is 5.82 Å². The Hall–Kier alpha value is -2.49. The van der Waals surface area contributed by atoms with Gasteiger partial charge in [-0.15, -0.1) is 17.4 Å². The Morgan fingerprint density at radius 3 is 2.79 bits per heavy atom. The first-order chi connectivity index (χ1) is 11.7. The van der Waals surface area contributed by atoms with Gasteiger partial charge in [0.25, 0.3) is 0 Å². The molecule has 0 bridgehead atoms. The van der Waals surface area contributed by atoms with Crippen LogP contribution < -0.4 is 10.2 Å². The fraction of sp³-hybridized carbons (Fsp3) is 0.588. The highest BCUT2D eigenvalue weighted by Gasteiger charge is 2.39. The average molecular weight is 326 g/mol. The summed E-state index contributed by atoms with van der Waals surface area (Å²) in [5.74, 6) is 3.57. The van der Waals surface area contributed by atoms with Gasteiger partial charge in [0, 0.05) is 51.0 Å². The quantitative estimate of drug-likeness (QED) is 0.776. The van der Waals surface area contributed by atoms with Crippen molar-refractivity contribution in [2.75, 3.05) is 18.0 Å². The van der Waals surface area contributed by atoms with Crippen molar-refractivity contribution in [2.45, 2.75) is 50.2 Å². The molecule has 1 N–H and O–H groups in total. The first kappa shape index (κ1) is 16.4. The fourth-order valence-corrected chi connectivity index (χ4v) is 3.00. The third-order valence-electron chi connectivity index (χ3n) is 4.55. The van der Waals surface area contributed by atoms with Gasteiger partial charge in [0.05, 0.1) is 0 Å². The lowest BCUT2D eigenvalue weighted by atomic mass is 10.0. The molecular formula is C17H22N6O. The number of nitrogens with one attached hydrogen (secondary N) is 1. The van der Waals surface area contributed by atoms with Crippen molar-refractivity contribution in [2.24, 2.45) is 10.2 Å². The number of piperidine rings is 1. The second-order valence-corrected chi connectivity index (χ2v) is 6.30. The van der Waals surface area contributed by atoms with Crippen LogP contribution in [0.25, 0.3) is 0 Å². The molecule has 0 spiro atoms. The molecule has 1 aromatic heterocycles. The van der Waals surface area contributed by atoms with E-state index < -0.39 is 0 Å². The van der Waals surface area contributed by atoms with Crippen LogP contribution in [0.3, 0.4) is 0 Å². The van der Waals surface area contributed by atoms with Gasteiger partial charge < -0.3 is 10.2 Å². The van der Waals surface area contributed by atoms with Gasteiger partial charge in [0.1, 0.15) is 0 Å². The molecule has 24 heavy (non-hydrogen) atoms. The molecule has 2 aliphatic heterocycles. The van der Waals surface area contributed by atoms with E-state index in [1.807, 2.05) is 12.1 Å². The lowest BCUT2D eigenvalue weighted by Crippen LogP contribution is -2.45. The van der Waals surface area contributed by atoms with E-state index in [4.69, 9.17) is 6.42 Å². The van der Waals surface area contributed by atoms with Gasteiger partial charge in [0.2, 0.25) is 5.91 Å². The summed E-state index contributed by atoms with van der Waals surface area (Å²) in [5.41, 5.74) is -0.376. The normalized spacial score (nSPS) is 18.9. The van der Waals surface area contributed by atoms with E-state index in [9.17, 15) is 4.79 Å². The highest BCUT2D eigenvalue weighted by atomic mass is 16.1. The maximum Gasteiger partial charge on any atom is 0.220 e. The first-order valence-corrected chi connectivity index (χ1v) is 8.40. The highest BCUT2D eigenvalue weighted by Crippen LogP contribution is 2.37. The van der Waals surface area contributed by atoms with Crippen molar-refractivity contribution < 1.29 is 4.79 Å². The SMILES string of the molecule is C#CCCC1(CCC(=O)NC2CCN(c3cccnn3)CC2)N=N1. The number of hydrogen-bond acceptors (Lipinski definition) is 6. The number of anilines is 1. The molecule has 0 radical (unpaired) electrons. The summed E-state index contributed by atoms with van der Waals surface area (Å²) in [7, 11) is 0. The molecule has 7 nitrogen and oxygen atoms in total. The van der Waals surface area contributed by atoms with Crippen LogP contribution in [0.5, 0.6) is 0 Å². The third kappa shape index (κ3) is 4.28. The van der Waals surface area contributed by atoms with Gasteiger partial charge in [0.15, 0.2) is 11.5 Å². The Morgan fingerprint density at radius 1 is 1.38 bits per heavy atom. The molecule has 0 atom stereocenters. The molecule has 0 aromatic carbocycles. The molecule has 3 rings (SSSR count). The van der Waals surface area contributed by atoms with E-state index in [1.165, 1.54) is 0 Å². The van der Waals surface area contributed by atoms with Crippen molar-refractivity contribution in [3.05, 3.63) is 18.3 Å². The second-order valence-electron chi connectivity index (χ2n) is 6.30. The monoisotopic (exact) mass is 326 g/mol. The minimum Gasteiger partial charge on any atom is -0.355 e. The standard InChI is InChI=1S/C17H22N6O/c1-2-3-9-17(21-22-17)10-6-16(24)19-14-7-12-23(13-8-14)15-5-4-11-18-20-15/h1,4-5,11,14H,3,6-10,12-13H2,(H,19,24). The number of carbonyl (C=O) groups is 1. The molecule has 1 aromatic rings. The van der Waals surface area contributed by atoms with Gasteiger partial charge in [-0.3, -0.25) is 4.79 Å². The maximum atomic E-state index is 12.1. The third-order valence-corrected chi connectivity index (χ3v) is 4.55. The summed E-state index contributed by atoms with van der Waals surface area (Å²) >= 11 is 0. The van der Waals surface area contributed by atoms with Gasteiger partial charge in [-0.1, -0.05) is 0 Å². The summed E-state index contributed by atoms with van der Waals surface area (Å²) in [5, 5.41) is 19.3. The smallest absolute Gasteiger partial charge is 0.220 e. The average Bonchev–Trinajstić information content (AvgIpc) is 3.40. The Morgan fingerprint density at radius 2 is 2.17 bits per heavy atom. The Bertz CT molecular complexity index is 624. The van der Waals surface area contributed by atoms with E-state index in [0.29, 0.717) is 19.3 Å². The van der Waals surface area contributed by atoms with Crippen LogP contribution in [-0.2, 0) is 4.79 Å². The van der Waals surface area contributed by atoms with Crippen molar-refractivity contribution in [3.8, 4) is 12.3 Å². The molecule has 2 aliphatic rings. The minimum absolute atomic E-state index is 0.0744. The van der Waals surface area contributed by atoms with E-state index in [-0.39, 0.29) is 17.6 Å². The predicted octanol–water partition coefficient (Wildman–Crippen LogP) is 1.92. The summed E-state index contributed by atoms with van der Waals surface area (Å²) < 4.78 is 0. The van der Waals surface area contributed by atoms with E-state index in [1.54, 1.807) is 6.20 Å². The largest absolute Gasteiger partial charge is 0.355 e. The Kier molecular flexibility index (Phi) is 5.04. The topological polar surface area (TPSA) is 82.8 Å². The van der Waals surface area contributed by atoms with Crippen LogP contribution in [-0.4, -0.2) is 40.9 Å². The second kappa shape index (κ2) is 7.39. The number of terminal acetylenes is 1. The molecule has 7 heteroatoms. The number of amides is 1. The van der Waals surface area contributed by atoms with Crippen molar-refractivity contribution in [1.82, 2.24) is 15.5 Å². The molecule has 1 amide bonds. The van der Waals surface area contributed by atoms with Gasteiger partial charge in [-0.05, 0) is 25.0 Å². The number of rotatable bonds is 7. The summed E-state index contributed by atoms with van der Waals surface area (Å²) in [6, 6.07) is 4.07. The van der Waals surface area contributed by atoms with Crippen LogP contribution in [0.2, 0.25) is 0 Å². The lowest BCUT2D eigenvalue weighted by molar-refractivity contribution is -0.122. The van der Waals surface area contributed by atoms with Crippen LogP contribution in [0.15, 0.2) is 28.6 Å². The molecule has 1 saturated heterocycles.